The fourth-order valence-electron chi connectivity index (χ4n) is 0. The average molecular weight is 492 g/mol. The van der Waals surface area contributed by atoms with Crippen molar-refractivity contribution in [2.45, 2.75) is 0 Å². The van der Waals surface area contributed by atoms with Gasteiger partial charge in [-0.1, -0.05) is 0 Å². The van der Waals surface area contributed by atoms with Crippen LogP contribution in [0.25, 0.3) is 0 Å². The molecule has 0 saturated carbocycles. The third kappa shape index (κ3) is 183000. The molecule has 0 aromatic heterocycles. The van der Waals surface area contributed by atoms with Crippen LogP contribution in [0, 0.1) is 0 Å². The number of hydrogen-bond acceptors (Lipinski definition) is 8. The molecule has 0 fully saturated rings. The first-order valence-electron chi connectivity index (χ1n) is 2.04. The van der Waals surface area contributed by atoms with Crippen LogP contribution < -0.4 is 5.73 Å². The zero-order chi connectivity index (χ0) is 11.0. The van der Waals surface area contributed by atoms with E-state index in [1.165, 1.54) is 0 Å². The van der Waals surface area contributed by atoms with Crippen LogP contribution in [0.3, 0.4) is 0 Å². The summed E-state index contributed by atoms with van der Waals surface area (Å²) in [6.07, 6.45) is 0. The zero-order valence-corrected chi connectivity index (χ0v) is 15.1. The van der Waals surface area contributed by atoms with Crippen LogP contribution in [0.15, 0.2) is 0 Å². The van der Waals surface area contributed by atoms with Gasteiger partial charge in [0.05, 0.1) is 7.05 Å². The summed E-state index contributed by atoms with van der Waals surface area (Å²) >= 11 is 0. The molecule has 0 bridgehead atoms. The Bertz CT molecular complexity index is 224. The van der Waals surface area contributed by atoms with E-state index in [4.69, 9.17) is 35.0 Å². The third-order valence-electron chi connectivity index (χ3n) is 0. The van der Waals surface area contributed by atoms with Gasteiger partial charge in [0, 0.05) is 20.8 Å². The Morgan fingerprint density at radius 1 is 0.440 bits per heavy atom. The van der Waals surface area contributed by atoms with E-state index in [9.17, 15) is 0 Å². The molecule has 0 rings (SSSR count). The Balaban J connectivity index is -0.00000000285. The van der Waals surface area contributed by atoms with E-state index in [2.05, 4.69) is 5.73 Å². The molecule has 0 unspecified atom stereocenters. The minimum Gasteiger partial charge on any atom is -0.759 e. The molecular weight excluding hydrogens is 462 g/mol. The molecule has 0 aliphatic carbocycles. The maximum Gasteiger partial charge on any atom is 3.00 e. The van der Waals surface area contributed by atoms with Gasteiger partial charge in [-0.3, -0.25) is 16.8 Å². The topological polar surface area (TPSA) is 566 Å². The summed E-state index contributed by atoms with van der Waals surface area (Å²) in [5, 5.41) is 0. The molecule has 25 heavy (non-hydrogen) atoms. The summed E-state index contributed by atoms with van der Waals surface area (Å²) in [5.74, 6) is 0. The second-order valence-corrected chi connectivity index (χ2v) is 2.45. The van der Waals surface area contributed by atoms with E-state index in [-0.39, 0.29) is 83.1 Å². The quantitative estimate of drug-likeness (QED) is 0.249. The maximum absolute atomic E-state index is 8.52. The van der Waals surface area contributed by atoms with Crippen molar-refractivity contribution in [1.29, 1.82) is 0 Å². The molecule has 0 amide bonds. The summed E-state index contributed by atoms with van der Waals surface area (Å²) in [6, 6.07) is 0. The molecule has 0 aromatic carbocycles. The number of rotatable bonds is 0. The van der Waals surface area contributed by atoms with E-state index in [0.717, 1.165) is 0 Å². The van der Waals surface area contributed by atoms with Crippen molar-refractivity contribution in [3.05, 3.63) is 0 Å². The molecule has 0 atom stereocenters. The van der Waals surface area contributed by atoms with Gasteiger partial charge in [-0.25, -0.2) is 0 Å². The molecule has 0 aliphatic heterocycles. The van der Waals surface area contributed by atoms with E-state index in [1.54, 1.807) is 7.05 Å². The standard InChI is InChI=1S/CH5N.Cr.2H2O4S.12H2O/c1-2;;2*1-5(2,3)4;;;;;;;;;;;;/h2H2,1H3;;2*(H2,1,2,3,4);12*1H2/q;+3;;;;;;;;;;;;;;/p-3. The SMILES string of the molecule is C[NH3+].O.O.O.O.O.O.O.O.O.O.O.O.O=S(=O)([O-])[O-].O=S(=O)([O-])[O-].[Cr+3]. The Morgan fingerprint density at radius 2 is 0.440 bits per heavy atom. The van der Waals surface area contributed by atoms with Crippen LogP contribution in [-0.4, -0.2) is 108 Å². The van der Waals surface area contributed by atoms with Crippen LogP contribution in [0.5, 0.6) is 0 Å². The second kappa shape index (κ2) is 89.0. The number of quaternary nitrogens is 1. The van der Waals surface area contributed by atoms with Crippen LogP contribution in [0.2, 0.25) is 0 Å². The van der Waals surface area contributed by atoms with Crippen molar-refractivity contribution in [2.75, 3.05) is 7.05 Å². The summed E-state index contributed by atoms with van der Waals surface area (Å²) in [5.41, 5.74) is 3.25. The Morgan fingerprint density at radius 3 is 0.440 bits per heavy atom. The third-order valence-corrected chi connectivity index (χ3v) is 0. The molecule has 1 radical (unpaired) electrons. The molecule has 0 saturated heterocycles. The van der Waals surface area contributed by atoms with Crippen LogP contribution in [0.4, 0.5) is 0 Å². The maximum atomic E-state index is 8.52. The normalized spacial score (nSPS) is 4.88. The molecule has 24 heteroatoms. The minimum absolute atomic E-state index is 0. The molecule has 177 valence electrons. The van der Waals surface area contributed by atoms with Crippen molar-refractivity contribution in [2.24, 2.45) is 0 Å². The largest absolute Gasteiger partial charge is 3.00 e. The van der Waals surface area contributed by atoms with E-state index in [0.29, 0.717) is 0 Å². The van der Waals surface area contributed by atoms with Crippen molar-refractivity contribution < 1.29 is 124 Å². The van der Waals surface area contributed by atoms with Gasteiger partial charge in [-0.15, -0.1) is 0 Å². The van der Waals surface area contributed by atoms with Gasteiger partial charge in [-0.05, 0) is 0 Å². The first-order valence-corrected chi connectivity index (χ1v) is 4.71. The van der Waals surface area contributed by atoms with Crippen molar-refractivity contribution >= 4 is 20.8 Å². The molecular formula is CH30CrNO20S2. The van der Waals surface area contributed by atoms with Gasteiger partial charge in [0.2, 0.25) is 0 Å². The van der Waals surface area contributed by atoms with Crippen molar-refractivity contribution in [3.63, 3.8) is 0 Å². The summed E-state index contributed by atoms with van der Waals surface area (Å²) in [7, 11) is -8.58. The van der Waals surface area contributed by atoms with Crippen LogP contribution >= 0.6 is 0 Å². The van der Waals surface area contributed by atoms with Gasteiger partial charge in [0.15, 0.2) is 0 Å². The summed E-state index contributed by atoms with van der Waals surface area (Å²) in [4.78, 5) is 0. The molecule has 0 heterocycles. The average Bonchev–Trinajstić information content (AvgIpc) is 1.59. The zero-order valence-electron chi connectivity index (χ0n) is 12.2. The summed E-state index contributed by atoms with van der Waals surface area (Å²) < 4.78 is 68.2. The predicted octanol–water partition coefficient (Wildman–Crippen LogP) is -13.7. The first kappa shape index (κ1) is 182. The molecule has 27 N–H and O–H groups in total. The van der Waals surface area contributed by atoms with Crippen molar-refractivity contribution in [3.8, 4) is 0 Å². The van der Waals surface area contributed by atoms with Crippen molar-refractivity contribution in [1.82, 2.24) is 0 Å². The van der Waals surface area contributed by atoms with Gasteiger partial charge in [0.1, 0.15) is 0 Å². The van der Waals surface area contributed by atoms with Gasteiger partial charge in [0.25, 0.3) is 0 Å². The van der Waals surface area contributed by atoms with Crippen LogP contribution in [-0.2, 0) is 38.2 Å². The second-order valence-electron chi connectivity index (χ2n) is 0.816. The van der Waals surface area contributed by atoms with Gasteiger partial charge >= 0.3 is 17.4 Å². The van der Waals surface area contributed by atoms with E-state index in [1.807, 2.05) is 0 Å². The van der Waals surface area contributed by atoms with Gasteiger partial charge in [-0.2, -0.15) is 0 Å². The molecule has 0 aliphatic rings. The predicted molar refractivity (Wildman–Crippen MR) is 73.1 cm³/mol. The van der Waals surface area contributed by atoms with E-state index >= 15 is 0 Å². The smallest absolute Gasteiger partial charge is 0.759 e. The van der Waals surface area contributed by atoms with E-state index < -0.39 is 20.8 Å². The van der Waals surface area contributed by atoms with Crippen LogP contribution in [0.1, 0.15) is 0 Å². The molecule has 0 aromatic rings. The number of hydrogen-bond donors (Lipinski definition) is 1. The Kier molecular flexibility index (Phi) is 649. The van der Waals surface area contributed by atoms with Gasteiger partial charge < -0.3 is 89.7 Å². The summed E-state index contributed by atoms with van der Waals surface area (Å²) in [6.45, 7) is 0. The molecule has 21 nitrogen and oxygen atoms in total. The first-order chi connectivity index (χ1) is 5.00. The Hall–Kier alpha value is -0.248. The Labute approximate surface area is 152 Å². The molecule has 0 spiro atoms. The monoisotopic (exact) mass is 492 g/mol. The fraction of sp³-hybridized carbons (Fsp3) is 1.00. The minimum atomic E-state index is -5.17. The fourth-order valence-corrected chi connectivity index (χ4v) is 0.